The molecule has 0 aliphatic carbocycles. The lowest BCUT2D eigenvalue weighted by Gasteiger charge is -2.17. The van der Waals surface area contributed by atoms with Crippen LogP contribution in [0.5, 0.6) is 0 Å². The summed E-state index contributed by atoms with van der Waals surface area (Å²) in [6.07, 6.45) is 5.08. The maximum Gasteiger partial charge on any atom is 0.124 e. The summed E-state index contributed by atoms with van der Waals surface area (Å²) in [6.45, 7) is 7.70. The molecule has 0 saturated carbocycles. The molecule has 1 heterocycles. The van der Waals surface area contributed by atoms with Gasteiger partial charge in [0.15, 0.2) is 0 Å². The molecular formula is C17H25ClN2. The zero-order chi connectivity index (χ0) is 14.5. The van der Waals surface area contributed by atoms with E-state index in [1.807, 2.05) is 0 Å². The van der Waals surface area contributed by atoms with Crippen molar-refractivity contribution in [2.24, 2.45) is 5.92 Å². The molecule has 0 aliphatic heterocycles. The minimum atomic E-state index is 0.484. The summed E-state index contributed by atoms with van der Waals surface area (Å²) in [5.41, 5.74) is 3.57. The number of nitrogens with zero attached hydrogens (tertiary/aromatic N) is 2. The van der Waals surface area contributed by atoms with Crippen molar-refractivity contribution in [2.45, 2.75) is 58.9 Å². The van der Waals surface area contributed by atoms with E-state index in [0.717, 1.165) is 23.8 Å². The van der Waals surface area contributed by atoms with Gasteiger partial charge in [0.1, 0.15) is 5.82 Å². The van der Waals surface area contributed by atoms with Crippen molar-refractivity contribution in [3.05, 3.63) is 29.6 Å². The maximum atomic E-state index is 6.10. The molecule has 1 atom stereocenters. The quantitative estimate of drug-likeness (QED) is 0.633. The van der Waals surface area contributed by atoms with Gasteiger partial charge in [0.2, 0.25) is 0 Å². The van der Waals surface area contributed by atoms with Crippen LogP contribution in [0.3, 0.4) is 0 Å². The van der Waals surface area contributed by atoms with E-state index in [-0.39, 0.29) is 0 Å². The van der Waals surface area contributed by atoms with Crippen LogP contribution < -0.4 is 0 Å². The van der Waals surface area contributed by atoms with Gasteiger partial charge in [-0.2, -0.15) is 0 Å². The van der Waals surface area contributed by atoms with E-state index in [4.69, 9.17) is 16.6 Å². The summed E-state index contributed by atoms with van der Waals surface area (Å²) >= 11 is 6.10. The standard InChI is InChI=1S/C17H25ClN2/c1-4-6-9-14(5-2)12-20-15-10-7-8-13(3)17(15)19-16(20)11-18/h7-8,10,14H,4-6,9,11-12H2,1-3H3. The molecule has 0 saturated heterocycles. The highest BCUT2D eigenvalue weighted by molar-refractivity contribution is 6.16. The molecule has 2 rings (SSSR count). The lowest BCUT2D eigenvalue weighted by molar-refractivity contribution is 0.391. The first-order chi connectivity index (χ1) is 9.71. The number of rotatable bonds is 7. The van der Waals surface area contributed by atoms with Crippen LogP contribution in [0.25, 0.3) is 11.0 Å². The van der Waals surface area contributed by atoms with Crippen LogP contribution in [0, 0.1) is 12.8 Å². The van der Waals surface area contributed by atoms with Gasteiger partial charge in [-0.1, -0.05) is 45.2 Å². The molecule has 20 heavy (non-hydrogen) atoms. The molecular weight excluding hydrogens is 268 g/mol. The van der Waals surface area contributed by atoms with Gasteiger partial charge in [-0.3, -0.25) is 0 Å². The smallest absolute Gasteiger partial charge is 0.124 e. The zero-order valence-corrected chi connectivity index (χ0v) is 13.6. The Balaban J connectivity index is 2.34. The highest BCUT2D eigenvalue weighted by atomic mass is 35.5. The first kappa shape index (κ1) is 15.4. The number of imidazole rings is 1. The number of para-hydroxylation sites is 1. The van der Waals surface area contributed by atoms with Gasteiger partial charge in [-0.15, -0.1) is 11.6 Å². The van der Waals surface area contributed by atoms with Crippen molar-refractivity contribution in [3.8, 4) is 0 Å². The molecule has 0 radical (unpaired) electrons. The summed E-state index contributed by atoms with van der Waals surface area (Å²) in [5, 5.41) is 0. The number of alkyl halides is 1. The van der Waals surface area contributed by atoms with Crippen molar-refractivity contribution in [1.29, 1.82) is 0 Å². The van der Waals surface area contributed by atoms with Gasteiger partial charge in [-0.05, 0) is 30.9 Å². The molecule has 1 aromatic carbocycles. The third-order valence-electron chi connectivity index (χ3n) is 4.16. The lowest BCUT2D eigenvalue weighted by atomic mass is 9.99. The van der Waals surface area contributed by atoms with Crippen molar-refractivity contribution < 1.29 is 0 Å². The first-order valence-corrected chi connectivity index (χ1v) is 8.25. The fourth-order valence-electron chi connectivity index (χ4n) is 2.82. The number of fused-ring (bicyclic) bond motifs is 1. The van der Waals surface area contributed by atoms with Gasteiger partial charge >= 0.3 is 0 Å². The predicted molar refractivity (Wildman–Crippen MR) is 87.3 cm³/mol. The zero-order valence-electron chi connectivity index (χ0n) is 12.8. The van der Waals surface area contributed by atoms with E-state index in [0.29, 0.717) is 5.88 Å². The largest absolute Gasteiger partial charge is 0.327 e. The Morgan fingerprint density at radius 1 is 1.30 bits per heavy atom. The van der Waals surface area contributed by atoms with Gasteiger partial charge in [0.25, 0.3) is 0 Å². The van der Waals surface area contributed by atoms with Crippen molar-refractivity contribution in [1.82, 2.24) is 9.55 Å². The molecule has 1 aromatic heterocycles. The van der Waals surface area contributed by atoms with E-state index in [1.165, 1.54) is 36.8 Å². The van der Waals surface area contributed by atoms with Crippen LogP contribution in [-0.2, 0) is 12.4 Å². The van der Waals surface area contributed by atoms with E-state index in [9.17, 15) is 0 Å². The topological polar surface area (TPSA) is 17.8 Å². The van der Waals surface area contributed by atoms with Crippen molar-refractivity contribution >= 4 is 22.6 Å². The summed E-state index contributed by atoms with van der Waals surface area (Å²) in [4.78, 5) is 4.73. The van der Waals surface area contributed by atoms with Gasteiger partial charge in [0.05, 0.1) is 16.9 Å². The maximum absolute atomic E-state index is 6.10. The average Bonchev–Trinajstić information content (AvgIpc) is 2.82. The molecule has 0 N–H and O–H groups in total. The van der Waals surface area contributed by atoms with Crippen LogP contribution in [0.15, 0.2) is 18.2 Å². The first-order valence-electron chi connectivity index (χ1n) is 7.71. The van der Waals surface area contributed by atoms with Crippen LogP contribution in [0.1, 0.15) is 50.9 Å². The Morgan fingerprint density at radius 3 is 2.75 bits per heavy atom. The van der Waals surface area contributed by atoms with Crippen LogP contribution in [-0.4, -0.2) is 9.55 Å². The van der Waals surface area contributed by atoms with E-state index < -0.39 is 0 Å². The third kappa shape index (κ3) is 3.17. The Morgan fingerprint density at radius 2 is 2.10 bits per heavy atom. The fraction of sp³-hybridized carbons (Fsp3) is 0.588. The second kappa shape index (κ2) is 7.12. The Bertz CT molecular complexity index is 559. The van der Waals surface area contributed by atoms with Crippen LogP contribution >= 0.6 is 11.6 Å². The summed E-state index contributed by atoms with van der Waals surface area (Å²) in [6, 6.07) is 6.39. The lowest BCUT2D eigenvalue weighted by Crippen LogP contribution is -2.12. The Kier molecular flexibility index (Phi) is 5.47. The SMILES string of the molecule is CCCCC(CC)Cn1c(CCl)nc2c(C)cccc21. The summed E-state index contributed by atoms with van der Waals surface area (Å²) in [5.74, 6) is 2.21. The number of hydrogen-bond donors (Lipinski definition) is 0. The number of halogens is 1. The highest BCUT2D eigenvalue weighted by Gasteiger charge is 2.15. The normalized spacial score (nSPS) is 13.0. The van der Waals surface area contributed by atoms with Gasteiger partial charge in [-0.25, -0.2) is 4.98 Å². The molecule has 1 unspecified atom stereocenters. The minimum absolute atomic E-state index is 0.484. The second-order valence-electron chi connectivity index (χ2n) is 5.63. The molecule has 2 nitrogen and oxygen atoms in total. The summed E-state index contributed by atoms with van der Waals surface area (Å²) in [7, 11) is 0. The van der Waals surface area contributed by atoms with E-state index >= 15 is 0 Å². The van der Waals surface area contributed by atoms with Crippen LogP contribution in [0.4, 0.5) is 0 Å². The van der Waals surface area contributed by atoms with Crippen LogP contribution in [0.2, 0.25) is 0 Å². The fourth-order valence-corrected chi connectivity index (χ4v) is 3.02. The summed E-state index contributed by atoms with van der Waals surface area (Å²) < 4.78 is 2.33. The predicted octanol–water partition coefficient (Wildman–Crippen LogP) is 5.30. The Hall–Kier alpha value is -1.02. The number of hydrogen-bond acceptors (Lipinski definition) is 1. The highest BCUT2D eigenvalue weighted by Crippen LogP contribution is 2.24. The van der Waals surface area contributed by atoms with E-state index in [1.54, 1.807) is 0 Å². The number of benzene rings is 1. The third-order valence-corrected chi connectivity index (χ3v) is 4.40. The Labute approximate surface area is 127 Å². The number of aromatic nitrogens is 2. The molecule has 0 amide bonds. The second-order valence-corrected chi connectivity index (χ2v) is 5.90. The number of unbranched alkanes of at least 4 members (excludes halogenated alkanes) is 1. The molecule has 0 spiro atoms. The molecule has 110 valence electrons. The average molecular weight is 293 g/mol. The monoisotopic (exact) mass is 292 g/mol. The molecule has 0 aliphatic rings. The molecule has 0 bridgehead atoms. The van der Waals surface area contributed by atoms with E-state index in [2.05, 4.69) is 43.5 Å². The molecule has 0 fully saturated rings. The van der Waals surface area contributed by atoms with Gasteiger partial charge < -0.3 is 4.57 Å². The van der Waals surface area contributed by atoms with Crippen molar-refractivity contribution in [2.75, 3.05) is 0 Å². The molecule has 3 heteroatoms. The molecule has 2 aromatic rings. The minimum Gasteiger partial charge on any atom is -0.327 e. The van der Waals surface area contributed by atoms with Crippen molar-refractivity contribution in [3.63, 3.8) is 0 Å². The van der Waals surface area contributed by atoms with Gasteiger partial charge in [0, 0.05) is 6.54 Å². The number of aryl methyl sites for hydroxylation is 1.